The highest BCUT2D eigenvalue weighted by Gasteiger charge is 2.16. The second kappa shape index (κ2) is 8.82. The molecule has 0 fully saturated rings. The minimum absolute atomic E-state index is 0.0678. The van der Waals surface area contributed by atoms with Gasteiger partial charge in [0.1, 0.15) is 24.5 Å². The van der Waals surface area contributed by atoms with Gasteiger partial charge in [-0.2, -0.15) is 0 Å². The van der Waals surface area contributed by atoms with Crippen LogP contribution >= 0.6 is 0 Å². The number of aromatic carboxylic acids is 1. The van der Waals surface area contributed by atoms with Gasteiger partial charge in [-0.15, -0.1) is 0 Å². The minimum Gasteiger partial charge on any atom is -0.493 e. The predicted octanol–water partition coefficient (Wildman–Crippen LogP) is 3.80. The molecule has 0 amide bonds. The standard InChI is InChI=1S/C19H22O5/c1-3-5-14-8-10-15(11-9-14)23-12-13-24-18-16(19(20)21)6-4-7-17(18)22-2/h4,6-11H,3,5,12-13H2,1-2H3,(H,20,21). The fraction of sp³-hybridized carbons (Fsp3) is 0.316. The topological polar surface area (TPSA) is 65.0 Å². The van der Waals surface area contributed by atoms with E-state index in [9.17, 15) is 9.90 Å². The maximum atomic E-state index is 11.3. The molecule has 128 valence electrons. The van der Waals surface area contributed by atoms with Crippen LogP contribution in [-0.4, -0.2) is 31.4 Å². The van der Waals surface area contributed by atoms with E-state index in [1.54, 1.807) is 12.1 Å². The van der Waals surface area contributed by atoms with Crippen molar-refractivity contribution in [3.8, 4) is 17.2 Å². The lowest BCUT2D eigenvalue weighted by Crippen LogP contribution is -2.12. The summed E-state index contributed by atoms with van der Waals surface area (Å²) >= 11 is 0. The van der Waals surface area contributed by atoms with E-state index in [0.717, 1.165) is 18.6 Å². The third-order valence-electron chi connectivity index (χ3n) is 3.49. The highest BCUT2D eigenvalue weighted by molar-refractivity contribution is 5.92. The Morgan fingerprint density at radius 3 is 2.38 bits per heavy atom. The van der Waals surface area contributed by atoms with E-state index in [0.29, 0.717) is 12.4 Å². The summed E-state index contributed by atoms with van der Waals surface area (Å²) in [5, 5.41) is 9.22. The normalized spacial score (nSPS) is 10.2. The molecule has 0 saturated heterocycles. The Morgan fingerprint density at radius 2 is 1.75 bits per heavy atom. The van der Waals surface area contributed by atoms with Crippen LogP contribution in [0.4, 0.5) is 0 Å². The summed E-state index contributed by atoms with van der Waals surface area (Å²) in [5.74, 6) is 0.307. The molecule has 24 heavy (non-hydrogen) atoms. The first kappa shape index (κ1) is 17.7. The number of carboxylic acid groups (broad SMARTS) is 1. The Hall–Kier alpha value is -2.69. The molecule has 0 unspecified atom stereocenters. The van der Waals surface area contributed by atoms with Gasteiger partial charge >= 0.3 is 5.97 Å². The molecule has 0 aliphatic rings. The van der Waals surface area contributed by atoms with E-state index < -0.39 is 5.97 Å². The number of methoxy groups -OCH3 is 1. The number of hydrogen-bond acceptors (Lipinski definition) is 4. The first-order valence-electron chi connectivity index (χ1n) is 7.90. The van der Waals surface area contributed by atoms with Gasteiger partial charge in [0, 0.05) is 0 Å². The third kappa shape index (κ3) is 4.65. The number of ether oxygens (including phenoxy) is 3. The summed E-state index contributed by atoms with van der Waals surface area (Å²) in [4.78, 5) is 11.3. The van der Waals surface area contributed by atoms with Crippen LogP contribution in [0.5, 0.6) is 17.2 Å². The number of rotatable bonds is 9. The van der Waals surface area contributed by atoms with Gasteiger partial charge in [0.25, 0.3) is 0 Å². The van der Waals surface area contributed by atoms with Crippen LogP contribution < -0.4 is 14.2 Å². The molecule has 5 nitrogen and oxygen atoms in total. The first-order chi connectivity index (χ1) is 11.7. The third-order valence-corrected chi connectivity index (χ3v) is 3.49. The van der Waals surface area contributed by atoms with Crippen molar-refractivity contribution in [2.45, 2.75) is 19.8 Å². The Morgan fingerprint density at radius 1 is 1.04 bits per heavy atom. The van der Waals surface area contributed by atoms with Crippen molar-refractivity contribution in [2.75, 3.05) is 20.3 Å². The Labute approximate surface area is 141 Å². The maximum Gasteiger partial charge on any atom is 0.339 e. The van der Waals surface area contributed by atoms with Crippen LogP contribution in [0.25, 0.3) is 0 Å². The molecule has 0 radical (unpaired) electrons. The summed E-state index contributed by atoms with van der Waals surface area (Å²) in [6.45, 7) is 2.67. The molecular weight excluding hydrogens is 308 g/mol. The molecule has 1 N–H and O–H groups in total. The number of benzene rings is 2. The van der Waals surface area contributed by atoms with E-state index in [4.69, 9.17) is 14.2 Å². The molecule has 0 aromatic heterocycles. The molecule has 0 heterocycles. The van der Waals surface area contributed by atoms with Crippen LogP contribution in [0.3, 0.4) is 0 Å². The van der Waals surface area contributed by atoms with Gasteiger partial charge in [-0.3, -0.25) is 0 Å². The highest BCUT2D eigenvalue weighted by Crippen LogP contribution is 2.31. The summed E-state index contributed by atoms with van der Waals surface area (Å²) < 4.78 is 16.4. The van der Waals surface area contributed by atoms with Gasteiger partial charge in [0.05, 0.1) is 7.11 Å². The van der Waals surface area contributed by atoms with Crippen LogP contribution in [0.1, 0.15) is 29.3 Å². The van der Waals surface area contributed by atoms with Gasteiger partial charge in [-0.25, -0.2) is 4.79 Å². The lowest BCUT2D eigenvalue weighted by atomic mass is 10.1. The molecule has 0 spiro atoms. The number of hydrogen-bond donors (Lipinski definition) is 1. The van der Waals surface area contributed by atoms with E-state index in [2.05, 4.69) is 6.92 Å². The molecule has 2 aromatic rings. The Bertz CT molecular complexity index is 664. The summed E-state index contributed by atoms with van der Waals surface area (Å²) in [7, 11) is 1.47. The molecule has 0 aliphatic heterocycles. The number of carbonyl (C=O) groups is 1. The van der Waals surface area contributed by atoms with Crippen molar-refractivity contribution >= 4 is 5.97 Å². The zero-order valence-corrected chi connectivity index (χ0v) is 14.0. The highest BCUT2D eigenvalue weighted by atomic mass is 16.5. The van der Waals surface area contributed by atoms with Gasteiger partial charge < -0.3 is 19.3 Å². The van der Waals surface area contributed by atoms with Crippen LogP contribution in [0.2, 0.25) is 0 Å². The van der Waals surface area contributed by atoms with Crippen LogP contribution in [-0.2, 0) is 6.42 Å². The molecule has 0 atom stereocenters. The number of para-hydroxylation sites is 1. The van der Waals surface area contributed by atoms with Crippen molar-refractivity contribution in [2.24, 2.45) is 0 Å². The SMILES string of the molecule is CCCc1ccc(OCCOc2c(OC)cccc2C(=O)O)cc1. The van der Waals surface area contributed by atoms with E-state index in [1.807, 2.05) is 24.3 Å². The molecular formula is C19H22O5. The van der Waals surface area contributed by atoms with Crippen LogP contribution in [0.15, 0.2) is 42.5 Å². The van der Waals surface area contributed by atoms with Gasteiger partial charge in [0.2, 0.25) is 0 Å². The number of carboxylic acids is 1. The second-order valence-electron chi connectivity index (χ2n) is 5.23. The second-order valence-corrected chi connectivity index (χ2v) is 5.23. The molecule has 0 saturated carbocycles. The lowest BCUT2D eigenvalue weighted by Gasteiger charge is -2.13. The van der Waals surface area contributed by atoms with Crippen LogP contribution in [0, 0.1) is 0 Å². The zero-order valence-electron chi connectivity index (χ0n) is 14.0. The van der Waals surface area contributed by atoms with Crippen molar-refractivity contribution < 1.29 is 24.1 Å². The van der Waals surface area contributed by atoms with Gasteiger partial charge in [-0.1, -0.05) is 31.5 Å². The maximum absolute atomic E-state index is 11.3. The largest absolute Gasteiger partial charge is 0.493 e. The zero-order chi connectivity index (χ0) is 17.4. The fourth-order valence-electron chi connectivity index (χ4n) is 2.34. The van der Waals surface area contributed by atoms with E-state index in [-0.39, 0.29) is 17.9 Å². The summed E-state index contributed by atoms with van der Waals surface area (Å²) in [5.41, 5.74) is 1.35. The van der Waals surface area contributed by atoms with Crippen molar-refractivity contribution in [1.82, 2.24) is 0 Å². The summed E-state index contributed by atoms with van der Waals surface area (Å²) in [6, 6.07) is 12.7. The van der Waals surface area contributed by atoms with Crippen molar-refractivity contribution in [3.63, 3.8) is 0 Å². The smallest absolute Gasteiger partial charge is 0.339 e. The first-order valence-corrected chi connectivity index (χ1v) is 7.90. The lowest BCUT2D eigenvalue weighted by molar-refractivity contribution is 0.0690. The van der Waals surface area contributed by atoms with Crippen molar-refractivity contribution in [3.05, 3.63) is 53.6 Å². The average Bonchev–Trinajstić information content (AvgIpc) is 2.60. The predicted molar refractivity (Wildman–Crippen MR) is 91.4 cm³/mol. The molecule has 5 heteroatoms. The fourth-order valence-corrected chi connectivity index (χ4v) is 2.34. The number of aryl methyl sites for hydroxylation is 1. The van der Waals surface area contributed by atoms with E-state index in [1.165, 1.54) is 18.7 Å². The minimum atomic E-state index is -1.06. The van der Waals surface area contributed by atoms with Crippen molar-refractivity contribution in [1.29, 1.82) is 0 Å². The molecule has 2 aromatic carbocycles. The van der Waals surface area contributed by atoms with Gasteiger partial charge in [0.15, 0.2) is 11.5 Å². The molecule has 0 aliphatic carbocycles. The van der Waals surface area contributed by atoms with Gasteiger partial charge in [-0.05, 0) is 36.2 Å². The monoisotopic (exact) mass is 330 g/mol. The average molecular weight is 330 g/mol. The Kier molecular flexibility index (Phi) is 6.49. The quantitative estimate of drug-likeness (QED) is 0.708. The molecule has 0 bridgehead atoms. The summed E-state index contributed by atoms with van der Waals surface area (Å²) in [6.07, 6.45) is 2.16. The molecule has 2 rings (SSSR count). The van der Waals surface area contributed by atoms with E-state index >= 15 is 0 Å². The Balaban J connectivity index is 1.91.